The molecule has 5 heteroatoms. The molecule has 0 saturated heterocycles. The van der Waals surface area contributed by atoms with Crippen molar-refractivity contribution in [3.63, 3.8) is 0 Å². The van der Waals surface area contributed by atoms with E-state index in [9.17, 15) is 0 Å². The van der Waals surface area contributed by atoms with Crippen LogP contribution in [0.15, 0.2) is 28.9 Å². The standard InChI is InChI=1S/C17H24O4Si/c1-17(2,3)22(4,5)20-11-12-10-19-16-13-8-9-18-14(13)6-7-15(16)21-12/h6-9,12H,10-11H2,1-5H3. The van der Waals surface area contributed by atoms with Crippen LogP contribution in [-0.2, 0) is 4.43 Å². The van der Waals surface area contributed by atoms with Gasteiger partial charge in [-0.05, 0) is 36.3 Å². The van der Waals surface area contributed by atoms with E-state index >= 15 is 0 Å². The maximum atomic E-state index is 6.24. The number of fused-ring (bicyclic) bond motifs is 3. The number of ether oxygens (including phenoxy) is 2. The molecule has 0 amide bonds. The Morgan fingerprint density at radius 3 is 2.73 bits per heavy atom. The van der Waals surface area contributed by atoms with E-state index in [0.717, 1.165) is 22.5 Å². The lowest BCUT2D eigenvalue weighted by Crippen LogP contribution is -2.45. The number of hydrogen-bond donors (Lipinski definition) is 0. The monoisotopic (exact) mass is 320 g/mol. The normalized spacial score (nSPS) is 18.7. The van der Waals surface area contributed by atoms with Crippen LogP contribution in [0.1, 0.15) is 20.8 Å². The molecule has 0 N–H and O–H groups in total. The number of furan rings is 1. The highest BCUT2D eigenvalue weighted by molar-refractivity contribution is 6.74. The van der Waals surface area contributed by atoms with E-state index in [2.05, 4.69) is 33.9 Å². The highest BCUT2D eigenvalue weighted by Crippen LogP contribution is 2.40. The molecule has 1 aliphatic rings. The van der Waals surface area contributed by atoms with E-state index in [4.69, 9.17) is 18.3 Å². The fourth-order valence-corrected chi connectivity index (χ4v) is 3.26. The van der Waals surface area contributed by atoms with E-state index in [1.165, 1.54) is 0 Å². The van der Waals surface area contributed by atoms with Crippen LogP contribution in [0.3, 0.4) is 0 Å². The SMILES string of the molecule is CC(C)(C)[Si](C)(C)OCC1COc2c(ccc3occc23)O1. The molecule has 0 fully saturated rings. The van der Waals surface area contributed by atoms with E-state index in [1.807, 2.05) is 18.2 Å². The molecule has 1 aliphatic heterocycles. The predicted octanol–water partition coefficient (Wildman–Crippen LogP) is 4.59. The molecule has 120 valence electrons. The third kappa shape index (κ3) is 2.75. The molecule has 2 heterocycles. The van der Waals surface area contributed by atoms with Crippen LogP contribution in [-0.4, -0.2) is 27.6 Å². The van der Waals surface area contributed by atoms with Gasteiger partial charge < -0.3 is 18.3 Å². The Morgan fingerprint density at radius 1 is 1.23 bits per heavy atom. The lowest BCUT2D eigenvalue weighted by molar-refractivity contribution is 0.0503. The first kappa shape index (κ1) is 15.4. The zero-order chi connectivity index (χ0) is 16.0. The lowest BCUT2D eigenvalue weighted by atomic mass is 10.2. The third-order valence-electron chi connectivity index (χ3n) is 4.69. The molecular weight excluding hydrogens is 296 g/mol. The minimum Gasteiger partial charge on any atom is -0.485 e. The number of rotatable bonds is 3. The van der Waals surface area contributed by atoms with Crippen LogP contribution in [0.5, 0.6) is 11.5 Å². The molecule has 4 nitrogen and oxygen atoms in total. The summed E-state index contributed by atoms with van der Waals surface area (Å²) in [5, 5.41) is 1.16. The Kier molecular flexibility index (Phi) is 3.73. The molecule has 1 aromatic carbocycles. The van der Waals surface area contributed by atoms with Crippen LogP contribution >= 0.6 is 0 Å². The summed E-state index contributed by atoms with van der Waals surface area (Å²) in [5.41, 5.74) is 0.818. The smallest absolute Gasteiger partial charge is 0.192 e. The maximum absolute atomic E-state index is 6.24. The van der Waals surface area contributed by atoms with Gasteiger partial charge in [0.25, 0.3) is 0 Å². The topological polar surface area (TPSA) is 40.8 Å². The summed E-state index contributed by atoms with van der Waals surface area (Å²) in [7, 11) is -1.76. The van der Waals surface area contributed by atoms with Crippen molar-refractivity contribution in [2.24, 2.45) is 0 Å². The Morgan fingerprint density at radius 2 is 2.00 bits per heavy atom. The van der Waals surface area contributed by atoms with Gasteiger partial charge in [0.05, 0.1) is 18.3 Å². The molecule has 1 unspecified atom stereocenters. The average molecular weight is 320 g/mol. The van der Waals surface area contributed by atoms with Crippen LogP contribution < -0.4 is 9.47 Å². The number of benzene rings is 1. The molecule has 2 aromatic rings. The summed E-state index contributed by atoms with van der Waals surface area (Å²) in [6, 6.07) is 5.72. The molecular formula is C17H24O4Si. The minimum atomic E-state index is -1.76. The van der Waals surface area contributed by atoms with E-state index in [1.54, 1.807) is 6.26 Å². The van der Waals surface area contributed by atoms with E-state index in [-0.39, 0.29) is 11.1 Å². The quantitative estimate of drug-likeness (QED) is 0.775. The first-order chi connectivity index (χ1) is 10.3. The summed E-state index contributed by atoms with van der Waals surface area (Å²) in [6.07, 6.45) is 1.60. The van der Waals surface area contributed by atoms with Crippen molar-refractivity contribution in [3.8, 4) is 11.5 Å². The first-order valence-corrected chi connectivity index (χ1v) is 10.6. The Bertz CT molecular complexity index is 669. The fourth-order valence-electron chi connectivity index (χ4n) is 2.23. The Labute approximate surface area is 132 Å². The summed E-state index contributed by atoms with van der Waals surface area (Å²) in [5.74, 6) is 1.54. The van der Waals surface area contributed by atoms with Gasteiger partial charge in [-0.2, -0.15) is 0 Å². The van der Waals surface area contributed by atoms with Gasteiger partial charge in [-0.3, -0.25) is 0 Å². The van der Waals surface area contributed by atoms with Gasteiger partial charge in [0, 0.05) is 0 Å². The molecule has 22 heavy (non-hydrogen) atoms. The second-order valence-electron chi connectivity index (χ2n) is 7.35. The van der Waals surface area contributed by atoms with Crippen molar-refractivity contribution in [1.29, 1.82) is 0 Å². The van der Waals surface area contributed by atoms with Gasteiger partial charge in [0.2, 0.25) is 0 Å². The molecule has 0 radical (unpaired) electrons. The fraction of sp³-hybridized carbons (Fsp3) is 0.529. The van der Waals surface area contributed by atoms with Crippen molar-refractivity contribution >= 4 is 19.3 Å². The Balaban J connectivity index is 1.70. The van der Waals surface area contributed by atoms with E-state index in [0.29, 0.717) is 13.2 Å². The Hall–Kier alpha value is -1.46. The molecule has 0 aliphatic carbocycles. The summed E-state index contributed by atoms with van der Waals surface area (Å²) >= 11 is 0. The molecule has 0 spiro atoms. The van der Waals surface area contributed by atoms with E-state index < -0.39 is 8.32 Å². The van der Waals surface area contributed by atoms with Crippen LogP contribution in [0.4, 0.5) is 0 Å². The summed E-state index contributed by atoms with van der Waals surface area (Å²) in [4.78, 5) is 0. The van der Waals surface area contributed by atoms with Gasteiger partial charge in [0.15, 0.2) is 25.9 Å². The highest BCUT2D eigenvalue weighted by atomic mass is 28.4. The zero-order valence-corrected chi connectivity index (χ0v) is 14.9. The first-order valence-electron chi connectivity index (χ1n) is 7.71. The molecule has 1 atom stereocenters. The molecule has 3 rings (SSSR count). The zero-order valence-electron chi connectivity index (χ0n) is 13.9. The van der Waals surface area contributed by atoms with Gasteiger partial charge in [-0.25, -0.2) is 0 Å². The predicted molar refractivity (Wildman–Crippen MR) is 89.3 cm³/mol. The highest BCUT2D eigenvalue weighted by Gasteiger charge is 2.38. The van der Waals surface area contributed by atoms with Gasteiger partial charge in [-0.1, -0.05) is 20.8 Å². The average Bonchev–Trinajstić information content (AvgIpc) is 2.92. The maximum Gasteiger partial charge on any atom is 0.192 e. The van der Waals surface area contributed by atoms with Gasteiger partial charge in [0.1, 0.15) is 12.2 Å². The van der Waals surface area contributed by atoms with Crippen molar-refractivity contribution in [2.75, 3.05) is 13.2 Å². The second-order valence-corrected chi connectivity index (χ2v) is 12.2. The summed E-state index contributed by atoms with van der Waals surface area (Å²) in [6.45, 7) is 12.3. The lowest BCUT2D eigenvalue weighted by Gasteiger charge is -2.37. The van der Waals surface area contributed by atoms with Crippen LogP contribution in [0.25, 0.3) is 11.0 Å². The second kappa shape index (κ2) is 5.32. The van der Waals surface area contributed by atoms with Crippen molar-refractivity contribution in [3.05, 3.63) is 24.5 Å². The van der Waals surface area contributed by atoms with Crippen molar-refractivity contribution in [2.45, 2.75) is 45.0 Å². The summed E-state index contributed by atoms with van der Waals surface area (Å²) < 4.78 is 23.6. The van der Waals surface area contributed by atoms with Crippen LogP contribution in [0.2, 0.25) is 18.1 Å². The van der Waals surface area contributed by atoms with Crippen LogP contribution in [0, 0.1) is 0 Å². The molecule has 0 saturated carbocycles. The third-order valence-corrected chi connectivity index (χ3v) is 9.19. The largest absolute Gasteiger partial charge is 0.485 e. The minimum absolute atomic E-state index is 0.0639. The van der Waals surface area contributed by atoms with Gasteiger partial charge in [-0.15, -0.1) is 0 Å². The molecule has 0 bridgehead atoms. The van der Waals surface area contributed by atoms with Crippen molar-refractivity contribution in [1.82, 2.24) is 0 Å². The molecule has 1 aromatic heterocycles. The van der Waals surface area contributed by atoms with Gasteiger partial charge >= 0.3 is 0 Å². The van der Waals surface area contributed by atoms with Crippen molar-refractivity contribution < 1.29 is 18.3 Å². The number of hydrogen-bond acceptors (Lipinski definition) is 4.